The zero-order valence-electron chi connectivity index (χ0n) is 10.7. The van der Waals surface area contributed by atoms with Crippen molar-refractivity contribution in [1.82, 2.24) is 5.32 Å². The molecule has 0 aliphatic carbocycles. The van der Waals surface area contributed by atoms with Gasteiger partial charge in [-0.2, -0.15) is 0 Å². The maximum Gasteiger partial charge on any atom is 0.118 e. The summed E-state index contributed by atoms with van der Waals surface area (Å²) < 4.78 is 10.9. The molecule has 2 rings (SSSR count). The van der Waals surface area contributed by atoms with E-state index >= 15 is 0 Å². The van der Waals surface area contributed by atoms with E-state index in [4.69, 9.17) is 9.47 Å². The molecule has 0 aromatic heterocycles. The van der Waals surface area contributed by atoms with Gasteiger partial charge in [0.05, 0.1) is 12.7 Å². The molecule has 1 aliphatic rings. The van der Waals surface area contributed by atoms with Crippen LogP contribution in [0.25, 0.3) is 0 Å². The van der Waals surface area contributed by atoms with Crippen molar-refractivity contribution < 1.29 is 9.47 Å². The fourth-order valence-corrected chi connectivity index (χ4v) is 2.45. The summed E-state index contributed by atoms with van der Waals surface area (Å²) in [7, 11) is 3.51. The summed E-state index contributed by atoms with van der Waals surface area (Å²) in [6.45, 7) is 2.04. The second-order valence-corrected chi connectivity index (χ2v) is 4.69. The third-order valence-electron chi connectivity index (χ3n) is 3.55. The highest BCUT2D eigenvalue weighted by molar-refractivity contribution is 5.28. The van der Waals surface area contributed by atoms with Crippen LogP contribution in [0.5, 0.6) is 5.75 Å². The van der Waals surface area contributed by atoms with Gasteiger partial charge in [0.2, 0.25) is 0 Å². The van der Waals surface area contributed by atoms with E-state index in [1.54, 1.807) is 7.11 Å². The number of benzene rings is 1. The predicted molar refractivity (Wildman–Crippen MR) is 68.5 cm³/mol. The van der Waals surface area contributed by atoms with E-state index in [0.717, 1.165) is 31.7 Å². The molecular formula is C14H21NO2. The minimum Gasteiger partial charge on any atom is -0.497 e. The van der Waals surface area contributed by atoms with Crippen LogP contribution in [0.15, 0.2) is 24.3 Å². The highest BCUT2D eigenvalue weighted by Crippen LogP contribution is 2.25. The van der Waals surface area contributed by atoms with Crippen LogP contribution < -0.4 is 10.1 Å². The van der Waals surface area contributed by atoms with Crippen molar-refractivity contribution in [1.29, 1.82) is 0 Å². The Balaban J connectivity index is 2.06. The number of hydrogen-bond donors (Lipinski definition) is 1. The maximum atomic E-state index is 5.75. The van der Waals surface area contributed by atoms with E-state index in [1.807, 2.05) is 19.2 Å². The minimum atomic E-state index is -0.0349. The van der Waals surface area contributed by atoms with Gasteiger partial charge < -0.3 is 14.8 Å². The fraction of sp³-hybridized carbons (Fsp3) is 0.571. The normalized spacial score (nSPS) is 24.6. The number of piperidine rings is 1. The summed E-state index contributed by atoms with van der Waals surface area (Å²) in [6, 6.07) is 8.26. The van der Waals surface area contributed by atoms with Crippen molar-refractivity contribution in [2.75, 3.05) is 27.3 Å². The highest BCUT2D eigenvalue weighted by atomic mass is 16.5. The van der Waals surface area contributed by atoms with Gasteiger partial charge in [-0.3, -0.25) is 0 Å². The molecule has 17 heavy (non-hydrogen) atoms. The molecule has 0 radical (unpaired) electrons. The molecule has 1 fully saturated rings. The Labute approximate surface area is 103 Å². The summed E-state index contributed by atoms with van der Waals surface area (Å²) in [5, 5.41) is 3.42. The Morgan fingerprint density at radius 1 is 1.24 bits per heavy atom. The summed E-state index contributed by atoms with van der Waals surface area (Å²) in [4.78, 5) is 0. The van der Waals surface area contributed by atoms with Crippen molar-refractivity contribution in [2.24, 2.45) is 0 Å². The standard InChI is InChI=1S/C14H21NO2/c1-16-13-6-4-12(5-7-13)10-14(17-2)8-3-9-15-11-14/h4-7,15H,3,8-11H2,1-2H3. The molecule has 1 aromatic rings. The van der Waals surface area contributed by atoms with E-state index in [9.17, 15) is 0 Å². The van der Waals surface area contributed by atoms with Crippen molar-refractivity contribution in [3.63, 3.8) is 0 Å². The van der Waals surface area contributed by atoms with E-state index in [1.165, 1.54) is 12.0 Å². The number of nitrogens with one attached hydrogen (secondary N) is 1. The van der Waals surface area contributed by atoms with Gasteiger partial charge in [0, 0.05) is 20.1 Å². The average Bonchev–Trinajstić information content (AvgIpc) is 2.41. The van der Waals surface area contributed by atoms with E-state index < -0.39 is 0 Å². The van der Waals surface area contributed by atoms with Crippen LogP contribution in [-0.2, 0) is 11.2 Å². The van der Waals surface area contributed by atoms with Crippen LogP contribution in [0.1, 0.15) is 18.4 Å². The number of hydrogen-bond acceptors (Lipinski definition) is 3. The van der Waals surface area contributed by atoms with Crippen LogP contribution in [0.3, 0.4) is 0 Å². The molecule has 1 unspecified atom stereocenters. The van der Waals surface area contributed by atoms with Gasteiger partial charge in [-0.25, -0.2) is 0 Å². The summed E-state index contributed by atoms with van der Waals surface area (Å²) in [5.74, 6) is 0.905. The lowest BCUT2D eigenvalue weighted by Crippen LogP contribution is -2.48. The smallest absolute Gasteiger partial charge is 0.118 e. The number of methoxy groups -OCH3 is 2. The third kappa shape index (κ3) is 2.99. The number of ether oxygens (including phenoxy) is 2. The summed E-state index contributed by atoms with van der Waals surface area (Å²) >= 11 is 0. The topological polar surface area (TPSA) is 30.5 Å². The largest absolute Gasteiger partial charge is 0.497 e. The van der Waals surface area contributed by atoms with Crippen molar-refractivity contribution >= 4 is 0 Å². The first-order chi connectivity index (χ1) is 8.28. The average molecular weight is 235 g/mol. The Morgan fingerprint density at radius 2 is 2.00 bits per heavy atom. The summed E-state index contributed by atoms with van der Waals surface area (Å²) in [6.07, 6.45) is 3.27. The van der Waals surface area contributed by atoms with Crippen molar-refractivity contribution in [3.05, 3.63) is 29.8 Å². The Hall–Kier alpha value is -1.06. The van der Waals surface area contributed by atoms with Gasteiger partial charge in [0.25, 0.3) is 0 Å². The Morgan fingerprint density at radius 3 is 2.53 bits per heavy atom. The van der Waals surface area contributed by atoms with Crippen molar-refractivity contribution in [2.45, 2.75) is 24.9 Å². The quantitative estimate of drug-likeness (QED) is 0.866. The van der Waals surface area contributed by atoms with Crippen LogP contribution in [0.4, 0.5) is 0 Å². The molecule has 0 saturated carbocycles. The van der Waals surface area contributed by atoms with Gasteiger partial charge in [0.1, 0.15) is 5.75 Å². The SMILES string of the molecule is COc1ccc(CC2(OC)CCCNC2)cc1. The fourth-order valence-electron chi connectivity index (χ4n) is 2.45. The van der Waals surface area contributed by atoms with E-state index in [-0.39, 0.29) is 5.60 Å². The molecule has 3 nitrogen and oxygen atoms in total. The molecule has 1 heterocycles. The number of rotatable bonds is 4. The molecular weight excluding hydrogens is 214 g/mol. The van der Waals surface area contributed by atoms with Gasteiger partial charge in [-0.15, -0.1) is 0 Å². The monoisotopic (exact) mass is 235 g/mol. The molecule has 1 aliphatic heterocycles. The van der Waals surface area contributed by atoms with Gasteiger partial charge in [-0.05, 0) is 37.1 Å². The lowest BCUT2D eigenvalue weighted by molar-refractivity contribution is -0.0278. The Kier molecular flexibility index (Phi) is 4.02. The molecule has 1 aromatic carbocycles. The van der Waals surface area contributed by atoms with Crippen LogP contribution >= 0.6 is 0 Å². The zero-order chi connectivity index (χ0) is 12.1. The molecule has 94 valence electrons. The second-order valence-electron chi connectivity index (χ2n) is 4.69. The molecule has 3 heteroatoms. The van der Waals surface area contributed by atoms with Gasteiger partial charge in [0.15, 0.2) is 0 Å². The molecule has 1 saturated heterocycles. The first-order valence-corrected chi connectivity index (χ1v) is 6.17. The van der Waals surface area contributed by atoms with Gasteiger partial charge in [-0.1, -0.05) is 12.1 Å². The minimum absolute atomic E-state index is 0.0349. The van der Waals surface area contributed by atoms with E-state index in [0.29, 0.717) is 0 Å². The molecule has 1 atom stereocenters. The van der Waals surface area contributed by atoms with E-state index in [2.05, 4.69) is 17.4 Å². The zero-order valence-corrected chi connectivity index (χ0v) is 10.7. The first-order valence-electron chi connectivity index (χ1n) is 6.17. The lowest BCUT2D eigenvalue weighted by atomic mass is 9.87. The molecule has 0 amide bonds. The third-order valence-corrected chi connectivity index (χ3v) is 3.55. The predicted octanol–water partition coefficient (Wildman–Crippen LogP) is 2.01. The molecule has 0 spiro atoms. The summed E-state index contributed by atoms with van der Waals surface area (Å²) in [5.41, 5.74) is 1.27. The lowest BCUT2D eigenvalue weighted by Gasteiger charge is -2.36. The first kappa shape index (κ1) is 12.4. The molecule has 1 N–H and O–H groups in total. The van der Waals surface area contributed by atoms with Gasteiger partial charge >= 0.3 is 0 Å². The van der Waals surface area contributed by atoms with Crippen LogP contribution in [0.2, 0.25) is 0 Å². The highest BCUT2D eigenvalue weighted by Gasteiger charge is 2.31. The molecule has 0 bridgehead atoms. The second kappa shape index (κ2) is 5.52. The Bertz CT molecular complexity index is 342. The maximum absolute atomic E-state index is 5.75. The van der Waals surface area contributed by atoms with Crippen LogP contribution in [-0.4, -0.2) is 32.9 Å². The van der Waals surface area contributed by atoms with Crippen LogP contribution in [0, 0.1) is 0 Å². The van der Waals surface area contributed by atoms with Crippen molar-refractivity contribution in [3.8, 4) is 5.75 Å².